The highest BCUT2D eigenvalue weighted by Crippen LogP contribution is 2.18. The van der Waals surface area contributed by atoms with Crippen LogP contribution in [-0.2, 0) is 9.59 Å². The zero-order valence-electron chi connectivity index (χ0n) is 11.8. The van der Waals surface area contributed by atoms with Gasteiger partial charge < -0.3 is 21.1 Å². The zero-order valence-corrected chi connectivity index (χ0v) is 11.8. The minimum Gasteiger partial charge on any atom is -0.481 e. The molecule has 114 valence electrons. The minimum atomic E-state index is -0.867. The fourth-order valence-electron chi connectivity index (χ4n) is 1.57. The first-order chi connectivity index (χ1) is 9.49. The molecular formula is C13H23N3O4. The van der Waals surface area contributed by atoms with Gasteiger partial charge in [-0.3, -0.25) is 9.59 Å². The molecule has 1 atom stereocenters. The summed E-state index contributed by atoms with van der Waals surface area (Å²) >= 11 is 0. The van der Waals surface area contributed by atoms with Crippen molar-refractivity contribution in [2.24, 2.45) is 5.92 Å². The van der Waals surface area contributed by atoms with Gasteiger partial charge in [0.2, 0.25) is 5.91 Å². The third kappa shape index (κ3) is 7.60. The van der Waals surface area contributed by atoms with E-state index in [0.717, 1.165) is 12.8 Å². The third-order valence-corrected chi connectivity index (χ3v) is 3.09. The van der Waals surface area contributed by atoms with Crippen LogP contribution in [0.25, 0.3) is 0 Å². The molecule has 1 aliphatic carbocycles. The fraction of sp³-hybridized carbons (Fsp3) is 0.769. The van der Waals surface area contributed by atoms with Crippen molar-refractivity contribution in [1.29, 1.82) is 0 Å². The van der Waals surface area contributed by atoms with Crippen LogP contribution in [0.4, 0.5) is 4.79 Å². The van der Waals surface area contributed by atoms with Crippen LogP contribution in [0.2, 0.25) is 0 Å². The molecule has 1 rings (SSSR count). The summed E-state index contributed by atoms with van der Waals surface area (Å²) in [5.41, 5.74) is 0. The monoisotopic (exact) mass is 285 g/mol. The lowest BCUT2D eigenvalue weighted by Crippen LogP contribution is -2.37. The molecule has 0 bridgehead atoms. The average molecular weight is 285 g/mol. The topological polar surface area (TPSA) is 108 Å². The second-order valence-electron chi connectivity index (χ2n) is 5.16. The smallest absolute Gasteiger partial charge is 0.314 e. The molecule has 0 heterocycles. The number of carbonyl (C=O) groups is 3. The number of nitrogens with one attached hydrogen (secondary N) is 3. The number of carbonyl (C=O) groups excluding carboxylic acids is 2. The van der Waals surface area contributed by atoms with E-state index in [1.807, 2.05) is 0 Å². The molecule has 7 heteroatoms. The molecule has 0 aromatic heterocycles. The summed E-state index contributed by atoms with van der Waals surface area (Å²) in [6, 6.07) is 0.0418. The lowest BCUT2D eigenvalue weighted by atomic mass is 10.1. The zero-order chi connectivity index (χ0) is 15.0. The van der Waals surface area contributed by atoms with E-state index in [4.69, 9.17) is 5.11 Å². The number of rotatable bonds is 9. The summed E-state index contributed by atoms with van der Waals surface area (Å²) in [5, 5.41) is 16.8. The van der Waals surface area contributed by atoms with Crippen molar-refractivity contribution in [3.05, 3.63) is 0 Å². The van der Waals surface area contributed by atoms with E-state index >= 15 is 0 Å². The van der Waals surface area contributed by atoms with Crippen molar-refractivity contribution in [1.82, 2.24) is 16.0 Å². The van der Waals surface area contributed by atoms with Crippen LogP contribution >= 0.6 is 0 Å². The summed E-state index contributed by atoms with van der Waals surface area (Å²) in [4.78, 5) is 33.3. The summed E-state index contributed by atoms with van der Waals surface area (Å²) in [7, 11) is 0. The van der Waals surface area contributed by atoms with Crippen molar-refractivity contribution in [2.45, 2.75) is 45.1 Å². The first-order valence-electron chi connectivity index (χ1n) is 7.03. The van der Waals surface area contributed by atoms with Crippen LogP contribution in [0.15, 0.2) is 0 Å². The van der Waals surface area contributed by atoms with E-state index in [1.54, 1.807) is 6.92 Å². The lowest BCUT2D eigenvalue weighted by molar-refractivity contribution is -0.141. The van der Waals surface area contributed by atoms with E-state index in [0.29, 0.717) is 38.4 Å². The van der Waals surface area contributed by atoms with Gasteiger partial charge in [-0.1, -0.05) is 6.92 Å². The Kier molecular flexibility index (Phi) is 6.83. The van der Waals surface area contributed by atoms with Gasteiger partial charge in [0.1, 0.15) is 0 Å². The van der Waals surface area contributed by atoms with E-state index in [9.17, 15) is 14.4 Å². The molecule has 7 nitrogen and oxygen atoms in total. The van der Waals surface area contributed by atoms with Crippen LogP contribution in [-0.4, -0.2) is 42.1 Å². The quantitative estimate of drug-likeness (QED) is 0.461. The molecule has 1 aliphatic rings. The van der Waals surface area contributed by atoms with Gasteiger partial charge >= 0.3 is 12.0 Å². The van der Waals surface area contributed by atoms with Gasteiger partial charge in [0.15, 0.2) is 0 Å². The predicted octanol–water partition coefficient (Wildman–Crippen LogP) is 0.455. The van der Waals surface area contributed by atoms with Crippen LogP contribution in [0, 0.1) is 5.92 Å². The van der Waals surface area contributed by atoms with Gasteiger partial charge in [-0.05, 0) is 25.7 Å². The van der Waals surface area contributed by atoms with Crippen LogP contribution in [0.5, 0.6) is 0 Å². The molecule has 1 fully saturated rings. The third-order valence-electron chi connectivity index (χ3n) is 3.09. The molecule has 0 radical (unpaired) electrons. The van der Waals surface area contributed by atoms with Crippen molar-refractivity contribution in [2.75, 3.05) is 13.1 Å². The highest BCUT2D eigenvalue weighted by molar-refractivity contribution is 5.77. The highest BCUT2D eigenvalue weighted by Gasteiger charge is 2.22. The van der Waals surface area contributed by atoms with Gasteiger partial charge in [0, 0.05) is 25.6 Å². The fourth-order valence-corrected chi connectivity index (χ4v) is 1.57. The maximum absolute atomic E-state index is 11.4. The van der Waals surface area contributed by atoms with E-state index in [-0.39, 0.29) is 11.9 Å². The second-order valence-corrected chi connectivity index (χ2v) is 5.16. The van der Waals surface area contributed by atoms with E-state index in [1.165, 1.54) is 0 Å². The normalized spacial score (nSPS) is 15.2. The summed E-state index contributed by atoms with van der Waals surface area (Å²) < 4.78 is 0. The Hall–Kier alpha value is -1.79. The van der Waals surface area contributed by atoms with Crippen molar-refractivity contribution in [3.63, 3.8) is 0 Å². The number of hydrogen-bond donors (Lipinski definition) is 4. The Labute approximate surface area is 118 Å². The molecule has 3 amide bonds. The number of aliphatic carboxylic acids is 1. The summed E-state index contributed by atoms with van der Waals surface area (Å²) in [6.07, 6.45) is 3.54. The van der Waals surface area contributed by atoms with Gasteiger partial charge in [-0.2, -0.15) is 0 Å². The first-order valence-corrected chi connectivity index (χ1v) is 7.03. The Morgan fingerprint density at radius 3 is 2.45 bits per heavy atom. The number of carboxylic acids is 1. The van der Waals surface area contributed by atoms with Crippen LogP contribution in [0.3, 0.4) is 0 Å². The van der Waals surface area contributed by atoms with E-state index in [2.05, 4.69) is 16.0 Å². The minimum absolute atomic E-state index is 0.0324. The first kappa shape index (κ1) is 16.3. The summed E-state index contributed by atoms with van der Waals surface area (Å²) in [5.74, 6) is -1.31. The Morgan fingerprint density at radius 2 is 1.85 bits per heavy atom. The van der Waals surface area contributed by atoms with Gasteiger partial charge in [0.05, 0.1) is 5.92 Å². The maximum atomic E-state index is 11.4. The number of carboxylic acid groups (broad SMARTS) is 1. The van der Waals surface area contributed by atoms with E-state index < -0.39 is 11.9 Å². The standard InChI is InChI=1S/C13H23N3O4/c1-9(12(18)19)6-8-15-13(20)14-7-2-3-11(17)16-10-4-5-10/h9-10H,2-8H2,1H3,(H,16,17)(H,18,19)(H2,14,15,20). The Balaban J connectivity index is 1.94. The summed E-state index contributed by atoms with van der Waals surface area (Å²) in [6.45, 7) is 2.35. The molecule has 20 heavy (non-hydrogen) atoms. The SMILES string of the molecule is CC(CCNC(=O)NCCCC(=O)NC1CC1)C(=O)O. The largest absolute Gasteiger partial charge is 0.481 e. The second kappa shape index (κ2) is 8.39. The molecule has 0 saturated heterocycles. The van der Waals surface area contributed by atoms with Crippen LogP contribution in [0.1, 0.15) is 39.0 Å². The molecule has 1 unspecified atom stereocenters. The number of amides is 3. The van der Waals surface area contributed by atoms with Crippen molar-refractivity contribution >= 4 is 17.9 Å². The van der Waals surface area contributed by atoms with Crippen molar-refractivity contribution < 1.29 is 19.5 Å². The van der Waals surface area contributed by atoms with Crippen molar-refractivity contribution in [3.8, 4) is 0 Å². The van der Waals surface area contributed by atoms with Gasteiger partial charge in [0.25, 0.3) is 0 Å². The number of urea groups is 1. The Bertz CT molecular complexity index is 356. The predicted molar refractivity (Wildman–Crippen MR) is 73.2 cm³/mol. The molecule has 1 saturated carbocycles. The molecule has 0 spiro atoms. The maximum Gasteiger partial charge on any atom is 0.314 e. The number of hydrogen-bond acceptors (Lipinski definition) is 3. The molecule has 0 aromatic carbocycles. The average Bonchev–Trinajstić information content (AvgIpc) is 3.18. The van der Waals surface area contributed by atoms with Gasteiger partial charge in [-0.15, -0.1) is 0 Å². The van der Waals surface area contributed by atoms with Crippen LogP contribution < -0.4 is 16.0 Å². The molecular weight excluding hydrogens is 262 g/mol. The van der Waals surface area contributed by atoms with Gasteiger partial charge in [-0.25, -0.2) is 4.79 Å². The lowest BCUT2D eigenvalue weighted by Gasteiger charge is -2.09. The molecule has 0 aromatic rings. The highest BCUT2D eigenvalue weighted by atomic mass is 16.4. The molecule has 0 aliphatic heterocycles. The Morgan fingerprint density at radius 1 is 1.20 bits per heavy atom. The molecule has 4 N–H and O–H groups in total.